The Labute approximate surface area is 186 Å². The highest BCUT2D eigenvalue weighted by Gasteiger charge is 2.17. The molecule has 0 unspecified atom stereocenters. The van der Waals surface area contributed by atoms with Gasteiger partial charge in [-0.1, -0.05) is 130 Å². The van der Waals surface area contributed by atoms with Crippen molar-refractivity contribution in [3.05, 3.63) is 71.8 Å². The van der Waals surface area contributed by atoms with Crippen molar-refractivity contribution in [3.63, 3.8) is 0 Å². The van der Waals surface area contributed by atoms with E-state index < -0.39 is 0 Å². The second-order valence-electron chi connectivity index (χ2n) is 7.21. The van der Waals surface area contributed by atoms with E-state index in [2.05, 4.69) is 125 Å². The summed E-state index contributed by atoms with van der Waals surface area (Å²) in [5, 5.41) is 0. The summed E-state index contributed by atoms with van der Waals surface area (Å²) in [7, 11) is 0. The summed E-state index contributed by atoms with van der Waals surface area (Å²) < 4.78 is 0. The summed E-state index contributed by atoms with van der Waals surface area (Å²) >= 11 is 7.33. The average Bonchev–Trinajstić information content (AvgIpc) is 2.79. The van der Waals surface area contributed by atoms with Crippen molar-refractivity contribution >= 4 is 22.4 Å². The van der Waals surface area contributed by atoms with E-state index in [-0.39, 0.29) is 0 Å². The summed E-state index contributed by atoms with van der Waals surface area (Å²) in [6.07, 6.45) is 2.38. The third-order valence-corrected chi connectivity index (χ3v) is 4.88. The molecule has 0 fully saturated rings. The lowest BCUT2D eigenvalue weighted by Crippen LogP contribution is -2.14. The second-order valence-corrected chi connectivity index (χ2v) is 7.21. The van der Waals surface area contributed by atoms with Gasteiger partial charge >= 0.3 is 0 Å². The predicted molar refractivity (Wildman–Crippen MR) is 137 cm³/mol. The monoisotopic (exact) mass is 420 g/mol. The first-order chi connectivity index (χ1) is 13.3. The summed E-state index contributed by atoms with van der Waals surface area (Å²) in [5.74, 6) is 0. The third-order valence-electron chi connectivity index (χ3n) is 4.88. The largest absolute Gasteiger partial charge is 0.0683 e. The zero-order valence-corrected chi connectivity index (χ0v) is 21.6. The Morgan fingerprint density at radius 2 is 0.750 bits per heavy atom. The van der Waals surface area contributed by atoms with E-state index in [1.807, 2.05) is 27.7 Å². The number of hydrogen-bond donors (Lipinski definition) is 0. The molecule has 2 aromatic rings. The van der Waals surface area contributed by atoms with Crippen LogP contribution < -0.4 is 0 Å². The summed E-state index contributed by atoms with van der Waals surface area (Å²) in [6.45, 7) is 21.6. The van der Waals surface area contributed by atoms with Crippen LogP contribution in [0.15, 0.2) is 60.7 Å². The zero-order chi connectivity index (χ0) is 22.6. The van der Waals surface area contributed by atoms with Gasteiger partial charge in [0.15, 0.2) is 0 Å². The molecule has 0 bridgehead atoms. The Bertz CT molecular complexity index is 494. The van der Waals surface area contributed by atoms with Crippen molar-refractivity contribution in [3.8, 4) is 0 Å². The van der Waals surface area contributed by atoms with Crippen LogP contribution in [0.3, 0.4) is 0 Å². The van der Waals surface area contributed by atoms with E-state index in [1.165, 1.54) is 24.0 Å². The van der Waals surface area contributed by atoms with Gasteiger partial charge in [0.05, 0.1) is 0 Å². The Morgan fingerprint density at radius 3 is 0.929 bits per heavy atom. The maximum atomic E-state index is 3.67. The molecule has 0 spiro atoms. The van der Waals surface area contributed by atoms with Crippen LogP contribution >= 0.6 is 0 Å². The van der Waals surface area contributed by atoms with Crippen molar-refractivity contribution in [1.29, 1.82) is 0 Å². The SMILES string of the molecule is CC.CC.CCC(C)(C)c1ccccc1.CCC(C)(C)c1ccccc1.S=S. The Morgan fingerprint density at radius 1 is 0.536 bits per heavy atom. The summed E-state index contributed by atoms with van der Waals surface area (Å²) in [6, 6.07) is 21.3. The lowest BCUT2D eigenvalue weighted by Gasteiger charge is -2.22. The number of rotatable bonds is 4. The molecule has 2 aromatic carbocycles. The van der Waals surface area contributed by atoms with E-state index in [9.17, 15) is 0 Å². The van der Waals surface area contributed by atoms with Gasteiger partial charge in [-0.05, 0) is 34.8 Å². The van der Waals surface area contributed by atoms with Crippen LogP contribution in [0.5, 0.6) is 0 Å². The van der Waals surface area contributed by atoms with E-state index in [1.54, 1.807) is 0 Å². The first kappa shape index (κ1) is 31.6. The highest BCUT2D eigenvalue weighted by molar-refractivity contribution is 8.07. The Hall–Kier alpha value is -1.12. The van der Waals surface area contributed by atoms with Gasteiger partial charge in [-0.3, -0.25) is 0 Å². The zero-order valence-electron chi connectivity index (χ0n) is 20.0. The maximum absolute atomic E-state index is 3.67. The fraction of sp³-hybridized carbons (Fsp3) is 0.538. The summed E-state index contributed by atoms with van der Waals surface area (Å²) in [5.41, 5.74) is 3.53. The van der Waals surface area contributed by atoms with Crippen molar-refractivity contribution in [2.75, 3.05) is 0 Å². The molecule has 0 amide bonds. The third kappa shape index (κ3) is 13.1. The molecule has 0 N–H and O–H groups in total. The van der Waals surface area contributed by atoms with Gasteiger partial charge in [-0.2, -0.15) is 0 Å². The second kappa shape index (κ2) is 19.2. The van der Waals surface area contributed by atoms with Gasteiger partial charge in [-0.25, -0.2) is 0 Å². The average molecular weight is 421 g/mol. The van der Waals surface area contributed by atoms with Gasteiger partial charge in [0.1, 0.15) is 0 Å². The lowest BCUT2D eigenvalue weighted by atomic mass is 9.82. The maximum Gasteiger partial charge on any atom is 0 e. The van der Waals surface area contributed by atoms with Crippen molar-refractivity contribution in [2.45, 2.75) is 92.9 Å². The van der Waals surface area contributed by atoms with E-state index in [0.717, 1.165) is 0 Å². The molecular weight excluding hydrogens is 376 g/mol. The van der Waals surface area contributed by atoms with Crippen molar-refractivity contribution in [1.82, 2.24) is 0 Å². The molecule has 0 saturated heterocycles. The van der Waals surface area contributed by atoms with Gasteiger partial charge in [0, 0.05) is 22.4 Å². The number of benzene rings is 2. The van der Waals surface area contributed by atoms with Crippen molar-refractivity contribution in [2.24, 2.45) is 0 Å². The van der Waals surface area contributed by atoms with Crippen LogP contribution in [-0.2, 0) is 33.2 Å². The van der Waals surface area contributed by atoms with Crippen LogP contribution in [0.2, 0.25) is 0 Å². The van der Waals surface area contributed by atoms with Crippen molar-refractivity contribution < 1.29 is 0 Å². The van der Waals surface area contributed by atoms with Crippen LogP contribution in [0.1, 0.15) is 93.2 Å². The molecule has 0 nitrogen and oxygen atoms in total. The minimum atomic E-state index is 0.335. The smallest absolute Gasteiger partial charge is 0 e. The fourth-order valence-corrected chi connectivity index (χ4v) is 2.19. The molecule has 0 aliphatic rings. The Balaban J connectivity index is -0.000000352. The molecule has 160 valence electrons. The molecule has 0 atom stereocenters. The quantitative estimate of drug-likeness (QED) is 0.484. The highest BCUT2D eigenvalue weighted by atomic mass is 32.8. The normalized spacial score (nSPS) is 9.64. The first-order valence-corrected chi connectivity index (χ1v) is 11.9. The van der Waals surface area contributed by atoms with E-state index in [0.29, 0.717) is 10.8 Å². The van der Waals surface area contributed by atoms with Gasteiger partial charge in [0.2, 0.25) is 0 Å². The molecule has 2 rings (SSSR count). The van der Waals surface area contributed by atoms with Gasteiger partial charge < -0.3 is 0 Å². The standard InChI is InChI=1S/2C11H16.2C2H6.S2/c2*1-4-11(2,3)10-8-6-5-7-9-10;3*1-2/h2*5-9H,4H2,1-3H3;2*1-2H3;. The molecule has 0 aromatic heterocycles. The Kier molecular flexibility index (Phi) is 21.7. The van der Waals surface area contributed by atoms with E-state index in [4.69, 9.17) is 0 Å². The van der Waals surface area contributed by atoms with Crippen LogP contribution in [0.4, 0.5) is 0 Å². The molecule has 0 radical (unpaired) electrons. The number of hydrogen-bond acceptors (Lipinski definition) is 2. The topological polar surface area (TPSA) is 0 Å². The van der Waals surface area contributed by atoms with Gasteiger partial charge in [0.25, 0.3) is 0 Å². The van der Waals surface area contributed by atoms with Crippen LogP contribution in [0.25, 0.3) is 0 Å². The molecule has 0 saturated carbocycles. The predicted octanol–water partition coefficient (Wildman–Crippen LogP) is 8.80. The first-order valence-electron chi connectivity index (χ1n) is 10.6. The lowest BCUT2D eigenvalue weighted by molar-refractivity contribution is 0.506. The molecule has 0 aliphatic heterocycles. The van der Waals surface area contributed by atoms with Crippen LogP contribution in [0, 0.1) is 0 Å². The molecular formula is C26H44S2. The molecule has 2 heteroatoms. The molecule has 28 heavy (non-hydrogen) atoms. The molecule has 0 aliphatic carbocycles. The minimum Gasteiger partial charge on any atom is -0.0683 e. The van der Waals surface area contributed by atoms with Crippen LogP contribution in [-0.4, -0.2) is 0 Å². The summed E-state index contributed by atoms with van der Waals surface area (Å²) in [4.78, 5) is 0. The minimum absolute atomic E-state index is 0.335. The fourth-order valence-electron chi connectivity index (χ4n) is 2.19. The van der Waals surface area contributed by atoms with E-state index >= 15 is 0 Å². The van der Waals surface area contributed by atoms with Gasteiger partial charge in [-0.15, -0.1) is 0 Å². The molecule has 0 heterocycles. The highest BCUT2D eigenvalue weighted by Crippen LogP contribution is 2.26.